The van der Waals surface area contributed by atoms with Crippen molar-refractivity contribution in [1.82, 2.24) is 25.9 Å². The molecule has 168 valence electrons. The first kappa shape index (κ1) is 20.9. The summed E-state index contributed by atoms with van der Waals surface area (Å²) in [5.41, 5.74) is 8.07. The standard InChI is InChI=1S/C25H26N6O2/c1-15-22(25(32)33-3)23(20-9-6-10-21(20)26-15)31(2)17-13-11-16(12-14-17)18-7-4-5-8-19(18)24-27-29-30-28-24/h4-5,7-8,11-15,26H,6,9-10H2,1-3H3,(H,27,28,29,30). The molecule has 1 unspecified atom stereocenters. The largest absolute Gasteiger partial charge is 0.466 e. The Bertz CT molecular complexity index is 1240. The molecule has 0 spiro atoms. The van der Waals surface area contributed by atoms with Crippen molar-refractivity contribution in [2.45, 2.75) is 32.2 Å². The van der Waals surface area contributed by atoms with E-state index < -0.39 is 0 Å². The number of tetrazole rings is 1. The van der Waals surface area contributed by atoms with Crippen molar-refractivity contribution in [2.24, 2.45) is 0 Å². The van der Waals surface area contributed by atoms with Crippen LogP contribution in [0, 0.1) is 0 Å². The molecule has 2 heterocycles. The average Bonchev–Trinajstić information content (AvgIpc) is 3.55. The number of nitrogens with one attached hydrogen (secondary N) is 2. The van der Waals surface area contributed by atoms with E-state index in [9.17, 15) is 4.79 Å². The van der Waals surface area contributed by atoms with Gasteiger partial charge in [0, 0.05) is 24.0 Å². The third-order valence-corrected chi connectivity index (χ3v) is 6.40. The zero-order chi connectivity index (χ0) is 22.9. The monoisotopic (exact) mass is 442 g/mol. The summed E-state index contributed by atoms with van der Waals surface area (Å²) in [6.07, 6.45) is 3.05. The molecule has 0 saturated carbocycles. The van der Waals surface area contributed by atoms with Crippen molar-refractivity contribution in [2.75, 3.05) is 19.1 Å². The second-order valence-corrected chi connectivity index (χ2v) is 8.32. The molecule has 0 amide bonds. The summed E-state index contributed by atoms with van der Waals surface area (Å²) < 4.78 is 5.14. The number of aromatic nitrogens is 4. The van der Waals surface area contributed by atoms with Crippen molar-refractivity contribution in [3.63, 3.8) is 0 Å². The quantitative estimate of drug-likeness (QED) is 0.580. The molecule has 1 aromatic heterocycles. The van der Waals surface area contributed by atoms with Gasteiger partial charge in [-0.15, -0.1) is 10.2 Å². The van der Waals surface area contributed by atoms with Gasteiger partial charge in [0.1, 0.15) is 0 Å². The van der Waals surface area contributed by atoms with Gasteiger partial charge in [-0.3, -0.25) is 0 Å². The molecule has 1 aliphatic heterocycles. The molecule has 5 rings (SSSR count). The highest BCUT2D eigenvalue weighted by Crippen LogP contribution is 2.40. The molecule has 33 heavy (non-hydrogen) atoms. The van der Waals surface area contributed by atoms with Crippen LogP contribution in [0.3, 0.4) is 0 Å². The van der Waals surface area contributed by atoms with Crippen molar-refractivity contribution in [1.29, 1.82) is 0 Å². The Labute approximate surface area is 192 Å². The molecule has 2 aliphatic rings. The molecular formula is C25H26N6O2. The van der Waals surface area contributed by atoms with E-state index in [1.54, 1.807) is 0 Å². The van der Waals surface area contributed by atoms with E-state index in [0.29, 0.717) is 11.4 Å². The fourth-order valence-corrected chi connectivity index (χ4v) is 4.83. The fourth-order valence-electron chi connectivity index (χ4n) is 4.83. The summed E-state index contributed by atoms with van der Waals surface area (Å²) in [5.74, 6) is 0.269. The zero-order valence-electron chi connectivity index (χ0n) is 18.9. The first-order valence-corrected chi connectivity index (χ1v) is 11.1. The molecule has 0 saturated heterocycles. The zero-order valence-corrected chi connectivity index (χ0v) is 18.9. The van der Waals surface area contributed by atoms with Crippen molar-refractivity contribution in [3.05, 3.63) is 71.1 Å². The lowest BCUT2D eigenvalue weighted by molar-refractivity contribution is -0.136. The van der Waals surface area contributed by atoms with E-state index >= 15 is 0 Å². The molecule has 3 aromatic rings. The smallest absolute Gasteiger partial charge is 0.337 e. The van der Waals surface area contributed by atoms with Crippen molar-refractivity contribution >= 4 is 11.7 Å². The highest BCUT2D eigenvalue weighted by atomic mass is 16.5. The minimum Gasteiger partial charge on any atom is -0.466 e. The number of dihydropyridines is 1. The van der Waals surface area contributed by atoms with Crippen molar-refractivity contribution in [3.8, 4) is 22.5 Å². The maximum absolute atomic E-state index is 12.7. The number of likely N-dealkylation sites (N-methyl/N-ethyl adjacent to an activating group) is 1. The van der Waals surface area contributed by atoms with Gasteiger partial charge in [0.05, 0.1) is 24.4 Å². The maximum Gasteiger partial charge on any atom is 0.337 e. The Morgan fingerprint density at radius 2 is 1.85 bits per heavy atom. The molecular weight excluding hydrogens is 416 g/mol. The minimum absolute atomic E-state index is 0.104. The SMILES string of the molecule is COC(=O)C1=C(N(C)c2ccc(-c3ccccc3-c3nn[nH]n3)cc2)C2=C(CCC2)NC1C. The van der Waals surface area contributed by atoms with Crippen LogP contribution in [0.2, 0.25) is 0 Å². The van der Waals surface area contributed by atoms with Crippen LogP contribution < -0.4 is 10.2 Å². The second kappa shape index (κ2) is 8.54. The molecule has 1 aliphatic carbocycles. The molecule has 2 aromatic carbocycles. The number of carbonyl (C=O) groups excluding carboxylic acids is 1. The number of methoxy groups -OCH3 is 1. The first-order chi connectivity index (χ1) is 16.1. The van der Waals surface area contributed by atoms with Gasteiger partial charge in [-0.1, -0.05) is 36.4 Å². The molecule has 2 N–H and O–H groups in total. The summed E-state index contributed by atoms with van der Waals surface area (Å²) in [6.45, 7) is 2.01. The van der Waals surface area contributed by atoms with Gasteiger partial charge >= 0.3 is 5.97 Å². The van der Waals surface area contributed by atoms with E-state index in [0.717, 1.165) is 47.3 Å². The van der Waals surface area contributed by atoms with Crippen LogP contribution in [0.1, 0.15) is 26.2 Å². The number of benzene rings is 2. The van der Waals surface area contributed by atoms with Gasteiger partial charge in [-0.2, -0.15) is 5.21 Å². The number of hydrogen-bond acceptors (Lipinski definition) is 7. The summed E-state index contributed by atoms with van der Waals surface area (Å²) in [6, 6.07) is 16.2. The van der Waals surface area contributed by atoms with Crippen LogP contribution in [0.5, 0.6) is 0 Å². The molecule has 1 atom stereocenters. The minimum atomic E-state index is -0.291. The van der Waals surface area contributed by atoms with Gasteiger partial charge in [0.2, 0.25) is 5.82 Å². The predicted molar refractivity (Wildman–Crippen MR) is 126 cm³/mol. The van der Waals surface area contributed by atoms with E-state index in [4.69, 9.17) is 4.74 Å². The lowest BCUT2D eigenvalue weighted by Gasteiger charge is -2.34. The van der Waals surface area contributed by atoms with E-state index in [2.05, 4.69) is 55.1 Å². The van der Waals surface area contributed by atoms with Crippen LogP contribution >= 0.6 is 0 Å². The first-order valence-electron chi connectivity index (χ1n) is 11.1. The Kier molecular flexibility index (Phi) is 5.42. The average molecular weight is 443 g/mol. The number of nitrogens with zero attached hydrogens (tertiary/aromatic N) is 4. The Hall–Kier alpha value is -3.94. The number of H-pyrrole nitrogens is 1. The molecule has 8 heteroatoms. The van der Waals surface area contributed by atoms with Gasteiger partial charge in [0.25, 0.3) is 0 Å². The highest BCUT2D eigenvalue weighted by Gasteiger charge is 2.35. The van der Waals surface area contributed by atoms with E-state index in [1.807, 2.05) is 38.2 Å². The number of hydrogen-bond donors (Lipinski definition) is 2. The van der Waals surface area contributed by atoms with Crippen molar-refractivity contribution < 1.29 is 9.53 Å². The van der Waals surface area contributed by atoms with Gasteiger partial charge in [-0.05, 0) is 60.2 Å². The van der Waals surface area contributed by atoms with Crippen LogP contribution in [0.4, 0.5) is 5.69 Å². The van der Waals surface area contributed by atoms with Gasteiger partial charge < -0.3 is 15.0 Å². The summed E-state index contributed by atoms with van der Waals surface area (Å²) in [5, 5.41) is 18.0. The van der Waals surface area contributed by atoms with Crippen LogP contribution in [-0.2, 0) is 9.53 Å². The molecule has 8 nitrogen and oxygen atoms in total. The summed E-state index contributed by atoms with van der Waals surface area (Å²) in [4.78, 5) is 14.8. The van der Waals surface area contributed by atoms with Gasteiger partial charge in [-0.25, -0.2) is 4.79 Å². The number of carbonyl (C=O) groups is 1. The lowest BCUT2D eigenvalue weighted by Crippen LogP contribution is -2.39. The number of rotatable bonds is 5. The number of ether oxygens (including phenoxy) is 1. The third-order valence-electron chi connectivity index (χ3n) is 6.40. The molecule has 0 bridgehead atoms. The van der Waals surface area contributed by atoms with Crippen LogP contribution in [-0.4, -0.2) is 46.8 Å². The lowest BCUT2D eigenvalue weighted by atomic mass is 9.94. The Morgan fingerprint density at radius 1 is 1.09 bits per heavy atom. The second-order valence-electron chi connectivity index (χ2n) is 8.32. The molecule has 0 fully saturated rings. The van der Waals surface area contributed by atoms with Crippen LogP contribution in [0.25, 0.3) is 22.5 Å². The van der Waals surface area contributed by atoms with Crippen LogP contribution in [0.15, 0.2) is 71.1 Å². The number of aromatic amines is 1. The highest BCUT2D eigenvalue weighted by molar-refractivity contribution is 5.93. The topological polar surface area (TPSA) is 96.0 Å². The van der Waals surface area contributed by atoms with Gasteiger partial charge in [0.15, 0.2) is 0 Å². The fraction of sp³-hybridized carbons (Fsp3) is 0.280. The molecule has 0 radical (unpaired) electrons. The van der Waals surface area contributed by atoms with E-state index in [1.165, 1.54) is 18.4 Å². The Morgan fingerprint density at radius 3 is 2.55 bits per heavy atom. The maximum atomic E-state index is 12.7. The number of esters is 1. The van der Waals surface area contributed by atoms with E-state index in [-0.39, 0.29) is 12.0 Å². The Balaban J connectivity index is 1.53. The predicted octanol–water partition coefficient (Wildman–Crippen LogP) is 3.83. The normalized spacial score (nSPS) is 17.6. The summed E-state index contributed by atoms with van der Waals surface area (Å²) in [7, 11) is 3.45. The third kappa shape index (κ3) is 3.67. The summed E-state index contributed by atoms with van der Waals surface area (Å²) >= 11 is 0. The number of allylic oxidation sites excluding steroid dienone is 2. The number of anilines is 1.